The molecule has 1 amide bonds. The number of aromatic nitrogens is 2. The number of rotatable bonds is 5. The monoisotopic (exact) mass is 233 g/mol. The molecule has 1 heterocycles. The number of hydrogen-bond donors (Lipinski definition) is 2. The first-order valence-electron chi connectivity index (χ1n) is 6.62. The zero-order chi connectivity index (χ0) is 11.7. The second-order valence-electron chi connectivity index (χ2n) is 5.21. The van der Waals surface area contributed by atoms with Gasteiger partial charge in [-0.3, -0.25) is 4.79 Å². The van der Waals surface area contributed by atoms with Crippen LogP contribution in [0.15, 0.2) is 12.4 Å². The molecule has 2 atom stereocenters. The third-order valence-electron chi connectivity index (χ3n) is 4.15. The number of nitrogens with zero attached hydrogens (tertiary/aromatic N) is 1. The number of H-pyrrole nitrogens is 1. The Morgan fingerprint density at radius 3 is 3.00 bits per heavy atom. The Kier molecular flexibility index (Phi) is 2.87. The van der Waals surface area contributed by atoms with Crippen molar-refractivity contribution in [1.29, 1.82) is 0 Å². The molecule has 3 rings (SSSR count). The number of aromatic amines is 1. The lowest BCUT2D eigenvalue weighted by Gasteiger charge is -2.05. The third-order valence-corrected chi connectivity index (χ3v) is 4.15. The van der Waals surface area contributed by atoms with E-state index in [0.717, 1.165) is 37.0 Å². The molecule has 2 aliphatic carbocycles. The Hall–Kier alpha value is -1.32. The van der Waals surface area contributed by atoms with Gasteiger partial charge >= 0.3 is 0 Å². The highest BCUT2D eigenvalue weighted by Crippen LogP contribution is 2.57. The topological polar surface area (TPSA) is 57.8 Å². The fourth-order valence-electron chi connectivity index (χ4n) is 3.23. The first kappa shape index (κ1) is 10.8. The zero-order valence-corrected chi connectivity index (χ0v) is 9.98. The van der Waals surface area contributed by atoms with Crippen molar-refractivity contribution in [2.24, 2.45) is 17.8 Å². The van der Waals surface area contributed by atoms with E-state index in [-0.39, 0.29) is 0 Å². The van der Waals surface area contributed by atoms with Gasteiger partial charge in [0.15, 0.2) is 0 Å². The van der Waals surface area contributed by atoms with Crippen LogP contribution in [0, 0.1) is 17.8 Å². The van der Waals surface area contributed by atoms with E-state index in [0.29, 0.717) is 11.8 Å². The van der Waals surface area contributed by atoms with E-state index < -0.39 is 0 Å². The summed E-state index contributed by atoms with van der Waals surface area (Å²) >= 11 is 0. The lowest BCUT2D eigenvalue weighted by molar-refractivity contribution is -0.123. The minimum atomic E-state index is 0.291. The molecule has 1 aromatic rings. The molecule has 0 aliphatic heterocycles. The van der Waals surface area contributed by atoms with Gasteiger partial charge in [0.1, 0.15) is 5.82 Å². The summed E-state index contributed by atoms with van der Waals surface area (Å²) in [5.41, 5.74) is 0. The van der Waals surface area contributed by atoms with Gasteiger partial charge in [0.2, 0.25) is 5.91 Å². The predicted molar refractivity (Wildman–Crippen MR) is 64.2 cm³/mol. The van der Waals surface area contributed by atoms with Crippen LogP contribution in [-0.4, -0.2) is 22.4 Å². The van der Waals surface area contributed by atoms with Crippen molar-refractivity contribution in [3.05, 3.63) is 18.2 Å². The molecular weight excluding hydrogens is 214 g/mol. The smallest absolute Gasteiger partial charge is 0.223 e. The Bertz CT molecular complexity index is 377. The Balaban J connectivity index is 1.34. The summed E-state index contributed by atoms with van der Waals surface area (Å²) in [6, 6.07) is 0. The summed E-state index contributed by atoms with van der Waals surface area (Å²) in [6.45, 7) is 0.773. The van der Waals surface area contributed by atoms with Gasteiger partial charge in [0.05, 0.1) is 0 Å². The molecule has 4 nitrogen and oxygen atoms in total. The standard InChI is InChI=1S/C13H19N3O/c17-13(12-9-3-1-4-10(9)12)16-6-2-5-11-14-7-8-15-11/h7-10,12H,1-6H2,(H,14,15)(H,16,17). The summed E-state index contributed by atoms with van der Waals surface area (Å²) in [5, 5.41) is 3.06. The van der Waals surface area contributed by atoms with Crippen LogP contribution < -0.4 is 5.32 Å². The number of carbonyl (C=O) groups is 1. The van der Waals surface area contributed by atoms with Crippen LogP contribution in [0.25, 0.3) is 0 Å². The van der Waals surface area contributed by atoms with Crippen molar-refractivity contribution in [2.45, 2.75) is 32.1 Å². The highest BCUT2D eigenvalue weighted by atomic mass is 16.2. The van der Waals surface area contributed by atoms with Crippen molar-refractivity contribution in [1.82, 2.24) is 15.3 Å². The summed E-state index contributed by atoms with van der Waals surface area (Å²) in [6.07, 6.45) is 9.34. The van der Waals surface area contributed by atoms with E-state index >= 15 is 0 Å². The molecular formula is C13H19N3O. The van der Waals surface area contributed by atoms with Crippen LogP contribution in [0.4, 0.5) is 0 Å². The number of amides is 1. The molecule has 2 saturated carbocycles. The fraction of sp³-hybridized carbons (Fsp3) is 0.692. The third kappa shape index (κ3) is 2.21. The predicted octanol–water partition coefficient (Wildman–Crippen LogP) is 1.50. The molecule has 2 fully saturated rings. The number of fused-ring (bicyclic) bond motifs is 1. The number of nitrogens with one attached hydrogen (secondary N) is 2. The number of carbonyl (C=O) groups excluding carboxylic acids is 1. The minimum Gasteiger partial charge on any atom is -0.356 e. The van der Waals surface area contributed by atoms with Gasteiger partial charge in [-0.1, -0.05) is 6.42 Å². The van der Waals surface area contributed by atoms with Gasteiger partial charge in [-0.25, -0.2) is 4.98 Å². The SMILES string of the molecule is O=C(NCCCc1ncc[nH]1)C1C2CCCC21. The Morgan fingerprint density at radius 2 is 2.29 bits per heavy atom. The van der Waals surface area contributed by atoms with Gasteiger partial charge in [-0.2, -0.15) is 0 Å². The van der Waals surface area contributed by atoms with Crippen LogP contribution in [0.2, 0.25) is 0 Å². The van der Waals surface area contributed by atoms with Gasteiger partial charge in [-0.05, 0) is 31.1 Å². The zero-order valence-electron chi connectivity index (χ0n) is 9.98. The van der Waals surface area contributed by atoms with E-state index in [4.69, 9.17) is 0 Å². The Morgan fingerprint density at radius 1 is 1.47 bits per heavy atom. The van der Waals surface area contributed by atoms with E-state index in [1.54, 1.807) is 6.20 Å². The fourth-order valence-corrected chi connectivity index (χ4v) is 3.23. The van der Waals surface area contributed by atoms with Gasteiger partial charge in [0, 0.05) is 31.3 Å². The van der Waals surface area contributed by atoms with E-state index in [9.17, 15) is 4.79 Å². The molecule has 0 spiro atoms. The second kappa shape index (κ2) is 4.51. The minimum absolute atomic E-state index is 0.291. The summed E-state index contributed by atoms with van der Waals surface area (Å²) < 4.78 is 0. The van der Waals surface area contributed by atoms with Crippen LogP contribution in [0.1, 0.15) is 31.5 Å². The van der Waals surface area contributed by atoms with Crippen LogP contribution >= 0.6 is 0 Å². The van der Waals surface area contributed by atoms with Gasteiger partial charge in [0.25, 0.3) is 0 Å². The molecule has 0 radical (unpaired) electrons. The lowest BCUT2D eigenvalue weighted by atomic mass is 10.1. The van der Waals surface area contributed by atoms with Crippen molar-refractivity contribution in [3.63, 3.8) is 0 Å². The molecule has 17 heavy (non-hydrogen) atoms. The average Bonchev–Trinajstić information content (AvgIpc) is 2.80. The molecule has 92 valence electrons. The first-order valence-corrected chi connectivity index (χ1v) is 6.62. The molecule has 2 unspecified atom stereocenters. The number of aryl methyl sites for hydroxylation is 1. The highest BCUT2D eigenvalue weighted by molar-refractivity contribution is 5.82. The Labute approximate surface area is 101 Å². The van der Waals surface area contributed by atoms with Gasteiger partial charge < -0.3 is 10.3 Å². The summed E-state index contributed by atoms with van der Waals surface area (Å²) in [4.78, 5) is 19.1. The highest BCUT2D eigenvalue weighted by Gasteiger charge is 2.56. The lowest BCUT2D eigenvalue weighted by Crippen LogP contribution is -2.27. The average molecular weight is 233 g/mol. The van der Waals surface area contributed by atoms with Gasteiger partial charge in [-0.15, -0.1) is 0 Å². The molecule has 0 bridgehead atoms. The van der Waals surface area contributed by atoms with Crippen LogP contribution in [-0.2, 0) is 11.2 Å². The molecule has 0 saturated heterocycles. The quantitative estimate of drug-likeness (QED) is 0.757. The number of hydrogen-bond acceptors (Lipinski definition) is 2. The summed E-state index contributed by atoms with van der Waals surface area (Å²) in [5.74, 6) is 3.09. The molecule has 2 aliphatic rings. The number of imidazole rings is 1. The normalized spacial score (nSPS) is 30.0. The van der Waals surface area contributed by atoms with Crippen molar-refractivity contribution < 1.29 is 4.79 Å². The van der Waals surface area contributed by atoms with Crippen LogP contribution in [0.3, 0.4) is 0 Å². The maximum atomic E-state index is 11.8. The van der Waals surface area contributed by atoms with E-state index in [2.05, 4.69) is 15.3 Å². The molecule has 1 aromatic heterocycles. The largest absolute Gasteiger partial charge is 0.356 e. The van der Waals surface area contributed by atoms with Crippen molar-refractivity contribution in [2.75, 3.05) is 6.54 Å². The van der Waals surface area contributed by atoms with Crippen LogP contribution in [0.5, 0.6) is 0 Å². The second-order valence-corrected chi connectivity index (χ2v) is 5.21. The van der Waals surface area contributed by atoms with E-state index in [1.165, 1.54) is 19.3 Å². The van der Waals surface area contributed by atoms with E-state index in [1.807, 2.05) is 6.20 Å². The molecule has 0 aromatic carbocycles. The van der Waals surface area contributed by atoms with Crippen molar-refractivity contribution >= 4 is 5.91 Å². The maximum Gasteiger partial charge on any atom is 0.223 e. The van der Waals surface area contributed by atoms with Crippen molar-refractivity contribution in [3.8, 4) is 0 Å². The summed E-state index contributed by atoms with van der Waals surface area (Å²) in [7, 11) is 0. The molecule has 2 N–H and O–H groups in total. The molecule has 4 heteroatoms. The first-order chi connectivity index (χ1) is 8.36. The maximum absolute atomic E-state index is 11.8.